The van der Waals surface area contributed by atoms with E-state index in [9.17, 15) is 9.18 Å². The number of carbonyl (C=O) groups excluding carboxylic acids is 1. The van der Waals surface area contributed by atoms with E-state index in [1.807, 2.05) is 6.07 Å². The van der Waals surface area contributed by atoms with Gasteiger partial charge in [-0.2, -0.15) is 0 Å². The lowest BCUT2D eigenvalue weighted by molar-refractivity contribution is -0.229. The number of ether oxygens (including phenoxy) is 2. The molecule has 0 saturated carbocycles. The second-order valence-electron chi connectivity index (χ2n) is 9.70. The second-order valence-corrected chi connectivity index (χ2v) is 9.70. The van der Waals surface area contributed by atoms with Crippen LogP contribution >= 0.6 is 0 Å². The molecule has 6 rings (SSSR count). The van der Waals surface area contributed by atoms with Crippen molar-refractivity contribution in [1.82, 2.24) is 29.9 Å². The molecule has 1 fully saturated rings. The van der Waals surface area contributed by atoms with Gasteiger partial charge in [0, 0.05) is 24.2 Å². The smallest absolute Gasteiger partial charge is 0.235 e. The largest absolute Gasteiger partial charge is 0.345 e. The van der Waals surface area contributed by atoms with Gasteiger partial charge in [0.1, 0.15) is 5.82 Å². The first-order chi connectivity index (χ1) is 20.0. The summed E-state index contributed by atoms with van der Waals surface area (Å²) in [6, 6.07) is 14.9. The van der Waals surface area contributed by atoms with Crippen LogP contribution in [-0.4, -0.2) is 49.0 Å². The Morgan fingerprint density at radius 1 is 0.951 bits per heavy atom. The maximum Gasteiger partial charge on any atom is 0.235 e. The first-order valence-electron chi connectivity index (χ1n) is 12.8. The number of amides is 1. The standard InChI is InChI=1S/C29H25FN8O3/c1-29(27(39)34-20-4-2-11-31-14-20)16-40-26(41-17-29)25-37-23(18-6-8-19(30)9-7-18)24(38-25)22-10-13-33-28(36-22)35-21-5-3-12-32-15-21/h2-15,26H,16-17H2,1H3,(H,34,39)(H,37,38)(H,33,35,36). The van der Waals surface area contributed by atoms with Gasteiger partial charge in [-0.25, -0.2) is 19.3 Å². The molecule has 3 N–H and O–H groups in total. The van der Waals surface area contributed by atoms with E-state index in [0.29, 0.717) is 40.1 Å². The predicted molar refractivity (Wildman–Crippen MR) is 148 cm³/mol. The van der Waals surface area contributed by atoms with E-state index in [1.165, 1.54) is 12.1 Å². The number of carbonyl (C=O) groups is 1. The van der Waals surface area contributed by atoms with Gasteiger partial charge in [-0.05, 0) is 61.5 Å². The molecule has 5 heterocycles. The number of hydrogen-bond donors (Lipinski definition) is 3. The zero-order valence-corrected chi connectivity index (χ0v) is 21.9. The van der Waals surface area contributed by atoms with Crippen molar-refractivity contribution in [3.8, 4) is 22.6 Å². The van der Waals surface area contributed by atoms with Crippen LogP contribution in [0.25, 0.3) is 22.6 Å². The van der Waals surface area contributed by atoms with Gasteiger partial charge in [0.05, 0.1) is 59.5 Å². The summed E-state index contributed by atoms with van der Waals surface area (Å²) >= 11 is 0. The minimum Gasteiger partial charge on any atom is -0.345 e. The number of anilines is 3. The molecule has 41 heavy (non-hydrogen) atoms. The van der Waals surface area contributed by atoms with Crippen molar-refractivity contribution in [3.05, 3.63) is 97.2 Å². The minimum absolute atomic E-state index is 0.0956. The summed E-state index contributed by atoms with van der Waals surface area (Å²) in [4.78, 5) is 38.1. The zero-order chi connectivity index (χ0) is 28.2. The van der Waals surface area contributed by atoms with Gasteiger partial charge < -0.3 is 25.1 Å². The average molecular weight is 553 g/mol. The quantitative estimate of drug-likeness (QED) is 0.257. The van der Waals surface area contributed by atoms with Crippen LogP contribution in [-0.2, 0) is 14.3 Å². The summed E-state index contributed by atoms with van der Waals surface area (Å²) < 4.78 is 25.7. The summed E-state index contributed by atoms with van der Waals surface area (Å²) in [6.07, 6.45) is 7.30. The Bertz CT molecular complexity index is 1640. The summed E-state index contributed by atoms with van der Waals surface area (Å²) in [7, 11) is 0. The molecular formula is C29H25FN8O3. The van der Waals surface area contributed by atoms with Crippen molar-refractivity contribution in [3.63, 3.8) is 0 Å². The highest BCUT2D eigenvalue weighted by atomic mass is 19.1. The lowest BCUT2D eigenvalue weighted by Crippen LogP contribution is -2.45. The van der Waals surface area contributed by atoms with E-state index in [2.05, 4.69) is 35.6 Å². The highest BCUT2D eigenvalue weighted by Crippen LogP contribution is 2.36. The number of aromatic nitrogens is 6. The molecule has 0 bridgehead atoms. The Kier molecular flexibility index (Phi) is 7.15. The SMILES string of the molecule is CC1(C(=O)Nc2cccnc2)COC(c2nc(-c3ccc(F)cc3)c(-c3ccnc(Nc4cccnc4)n3)[nH]2)OC1. The Labute approximate surface area is 234 Å². The average Bonchev–Trinajstić information content (AvgIpc) is 3.45. The number of aromatic amines is 1. The van der Waals surface area contributed by atoms with Gasteiger partial charge >= 0.3 is 0 Å². The monoisotopic (exact) mass is 552 g/mol. The lowest BCUT2D eigenvalue weighted by Gasteiger charge is -2.35. The van der Waals surface area contributed by atoms with E-state index in [0.717, 1.165) is 5.69 Å². The van der Waals surface area contributed by atoms with E-state index in [-0.39, 0.29) is 24.9 Å². The highest BCUT2D eigenvalue weighted by Gasteiger charge is 2.41. The van der Waals surface area contributed by atoms with E-state index in [4.69, 9.17) is 14.5 Å². The number of H-pyrrole nitrogens is 1. The van der Waals surface area contributed by atoms with Crippen LogP contribution < -0.4 is 10.6 Å². The Hall–Kier alpha value is -5.07. The molecule has 1 amide bonds. The molecule has 0 aliphatic carbocycles. The first kappa shape index (κ1) is 26.2. The Balaban J connectivity index is 1.26. The van der Waals surface area contributed by atoms with Crippen LogP contribution in [0.1, 0.15) is 19.0 Å². The molecule has 0 spiro atoms. The fourth-order valence-corrected chi connectivity index (χ4v) is 4.25. The summed E-state index contributed by atoms with van der Waals surface area (Å²) in [5.41, 5.74) is 2.69. The second kappa shape index (κ2) is 11.2. The number of halogens is 1. The van der Waals surface area contributed by atoms with Crippen LogP contribution in [0.5, 0.6) is 0 Å². The van der Waals surface area contributed by atoms with Crippen molar-refractivity contribution in [2.24, 2.45) is 5.41 Å². The van der Waals surface area contributed by atoms with Crippen LogP contribution in [0, 0.1) is 11.2 Å². The number of benzene rings is 1. The maximum absolute atomic E-state index is 13.7. The maximum atomic E-state index is 13.7. The highest BCUT2D eigenvalue weighted by molar-refractivity contribution is 5.95. The number of nitrogens with zero attached hydrogens (tertiary/aromatic N) is 5. The van der Waals surface area contributed by atoms with Gasteiger partial charge in [-0.3, -0.25) is 14.8 Å². The molecule has 4 aromatic heterocycles. The molecule has 206 valence electrons. The van der Waals surface area contributed by atoms with Crippen LogP contribution in [0.4, 0.5) is 21.7 Å². The number of pyridine rings is 2. The van der Waals surface area contributed by atoms with Gasteiger partial charge in [0.2, 0.25) is 18.1 Å². The molecule has 1 saturated heterocycles. The number of rotatable bonds is 7. The molecule has 1 aliphatic heterocycles. The third kappa shape index (κ3) is 5.78. The van der Waals surface area contributed by atoms with Crippen LogP contribution in [0.15, 0.2) is 85.6 Å². The van der Waals surface area contributed by atoms with Gasteiger partial charge in [-0.1, -0.05) is 0 Å². The number of hydrogen-bond acceptors (Lipinski definition) is 9. The summed E-state index contributed by atoms with van der Waals surface area (Å²) in [5, 5.41) is 5.98. The first-order valence-corrected chi connectivity index (χ1v) is 12.8. The number of imidazole rings is 1. The molecule has 0 atom stereocenters. The minimum atomic E-state index is -0.929. The fraction of sp³-hybridized carbons (Fsp3) is 0.172. The third-order valence-corrected chi connectivity index (χ3v) is 6.47. The van der Waals surface area contributed by atoms with Crippen molar-refractivity contribution < 1.29 is 18.7 Å². The van der Waals surface area contributed by atoms with Gasteiger partial charge in [0.25, 0.3) is 0 Å². The Morgan fingerprint density at radius 2 is 1.66 bits per heavy atom. The van der Waals surface area contributed by atoms with E-state index in [1.54, 1.807) is 74.3 Å². The van der Waals surface area contributed by atoms with Crippen molar-refractivity contribution in [1.29, 1.82) is 0 Å². The molecule has 1 aliphatic rings. The predicted octanol–water partition coefficient (Wildman–Crippen LogP) is 4.90. The van der Waals surface area contributed by atoms with Gasteiger partial charge in [-0.15, -0.1) is 0 Å². The van der Waals surface area contributed by atoms with E-state index >= 15 is 0 Å². The lowest BCUT2D eigenvalue weighted by atomic mass is 9.91. The molecule has 5 aromatic rings. The van der Waals surface area contributed by atoms with Crippen molar-refractivity contribution in [2.45, 2.75) is 13.2 Å². The summed E-state index contributed by atoms with van der Waals surface area (Å²) in [5.74, 6) is 0.135. The van der Waals surface area contributed by atoms with Gasteiger partial charge in [0.15, 0.2) is 5.82 Å². The number of nitrogens with one attached hydrogen (secondary N) is 3. The van der Waals surface area contributed by atoms with Crippen molar-refractivity contribution >= 4 is 23.2 Å². The van der Waals surface area contributed by atoms with Crippen LogP contribution in [0.2, 0.25) is 0 Å². The molecule has 0 radical (unpaired) electrons. The zero-order valence-electron chi connectivity index (χ0n) is 21.9. The molecule has 11 nitrogen and oxygen atoms in total. The fourth-order valence-electron chi connectivity index (χ4n) is 4.25. The van der Waals surface area contributed by atoms with Crippen LogP contribution in [0.3, 0.4) is 0 Å². The van der Waals surface area contributed by atoms with E-state index < -0.39 is 11.7 Å². The topological polar surface area (TPSA) is 140 Å². The molecule has 1 aromatic carbocycles. The summed E-state index contributed by atoms with van der Waals surface area (Å²) in [6.45, 7) is 1.96. The molecule has 12 heteroatoms. The Morgan fingerprint density at radius 3 is 2.34 bits per heavy atom. The normalized spacial score (nSPS) is 18.5. The van der Waals surface area contributed by atoms with Crippen molar-refractivity contribution in [2.75, 3.05) is 23.8 Å². The third-order valence-electron chi connectivity index (χ3n) is 6.47. The molecular weight excluding hydrogens is 527 g/mol. The molecule has 0 unspecified atom stereocenters.